The first-order valence-electron chi connectivity index (χ1n) is 7.37. The van der Waals surface area contributed by atoms with Crippen LogP contribution in [0, 0.1) is 5.92 Å². The third-order valence-electron chi connectivity index (χ3n) is 4.23. The molecule has 0 saturated carbocycles. The Labute approximate surface area is 123 Å². The van der Waals surface area contributed by atoms with Crippen LogP contribution in [0.3, 0.4) is 0 Å². The van der Waals surface area contributed by atoms with E-state index in [0.29, 0.717) is 6.04 Å². The lowest BCUT2D eigenvalue weighted by molar-refractivity contribution is -0.123. The van der Waals surface area contributed by atoms with Crippen LogP contribution in [-0.4, -0.2) is 42.5 Å². The van der Waals surface area contributed by atoms with Crippen LogP contribution in [0.15, 0.2) is 0 Å². The second kappa shape index (κ2) is 9.56. The van der Waals surface area contributed by atoms with Crippen molar-refractivity contribution in [3.05, 3.63) is 0 Å². The number of likely N-dealkylation sites (tertiary alicyclic amines) is 1. The molecule has 1 aliphatic rings. The van der Waals surface area contributed by atoms with Gasteiger partial charge in [0.05, 0.1) is 6.04 Å². The molecule has 0 spiro atoms. The van der Waals surface area contributed by atoms with E-state index in [2.05, 4.69) is 24.1 Å². The van der Waals surface area contributed by atoms with Gasteiger partial charge in [-0.15, -0.1) is 12.4 Å². The maximum atomic E-state index is 11.9. The van der Waals surface area contributed by atoms with Crippen molar-refractivity contribution < 1.29 is 4.79 Å². The normalized spacial score (nSPS) is 23.3. The highest BCUT2D eigenvalue weighted by molar-refractivity contribution is 5.85. The predicted octanol–water partition coefficient (Wildman–Crippen LogP) is 1.77. The number of hydrogen-bond acceptors (Lipinski definition) is 3. The van der Waals surface area contributed by atoms with E-state index < -0.39 is 0 Å². The number of likely N-dealkylation sites (N-methyl/N-ethyl adjacent to an activating group) is 1. The van der Waals surface area contributed by atoms with E-state index >= 15 is 0 Å². The van der Waals surface area contributed by atoms with Crippen LogP contribution in [0.4, 0.5) is 0 Å². The number of nitrogens with two attached hydrogens (primary N) is 1. The number of hydrogen-bond donors (Lipinski definition) is 2. The zero-order valence-corrected chi connectivity index (χ0v) is 13.3. The van der Waals surface area contributed by atoms with Crippen molar-refractivity contribution in [2.75, 3.05) is 19.6 Å². The molecule has 0 aromatic heterocycles. The third-order valence-corrected chi connectivity index (χ3v) is 4.23. The van der Waals surface area contributed by atoms with Gasteiger partial charge >= 0.3 is 0 Å². The number of carbonyl (C=O) groups is 1. The summed E-state index contributed by atoms with van der Waals surface area (Å²) in [6.45, 7) is 9.26. The van der Waals surface area contributed by atoms with E-state index in [1.54, 1.807) is 0 Å². The molecule has 4 nitrogen and oxygen atoms in total. The minimum absolute atomic E-state index is 0. The van der Waals surface area contributed by atoms with Gasteiger partial charge in [-0.05, 0) is 31.8 Å². The highest BCUT2D eigenvalue weighted by Gasteiger charge is 2.24. The van der Waals surface area contributed by atoms with Crippen molar-refractivity contribution in [3.63, 3.8) is 0 Å². The van der Waals surface area contributed by atoms with Crippen LogP contribution in [0.5, 0.6) is 0 Å². The lowest BCUT2D eigenvalue weighted by atomic mass is 9.98. The molecule has 0 bridgehead atoms. The van der Waals surface area contributed by atoms with Gasteiger partial charge in [0.2, 0.25) is 5.91 Å². The summed E-state index contributed by atoms with van der Waals surface area (Å²) in [5.74, 6) is 0.254. The zero-order chi connectivity index (χ0) is 13.5. The van der Waals surface area contributed by atoms with Crippen LogP contribution >= 0.6 is 12.4 Å². The predicted molar refractivity (Wildman–Crippen MR) is 82.6 cm³/mol. The van der Waals surface area contributed by atoms with E-state index in [0.717, 1.165) is 26.1 Å². The van der Waals surface area contributed by atoms with Crippen LogP contribution in [0.25, 0.3) is 0 Å². The van der Waals surface area contributed by atoms with Gasteiger partial charge in [-0.3, -0.25) is 9.69 Å². The molecule has 0 radical (unpaired) electrons. The average Bonchev–Trinajstić information content (AvgIpc) is 2.43. The Bertz CT molecular complexity index is 263. The Morgan fingerprint density at radius 1 is 1.42 bits per heavy atom. The molecule has 1 heterocycles. The molecule has 3 atom stereocenters. The van der Waals surface area contributed by atoms with Crippen LogP contribution in [-0.2, 0) is 4.79 Å². The monoisotopic (exact) mass is 291 g/mol. The topological polar surface area (TPSA) is 58.4 Å². The van der Waals surface area contributed by atoms with Crippen molar-refractivity contribution in [2.45, 2.75) is 58.5 Å². The number of halogens is 1. The molecule has 0 aliphatic carbocycles. The lowest BCUT2D eigenvalue weighted by Gasteiger charge is -2.35. The fourth-order valence-electron chi connectivity index (χ4n) is 2.56. The second-order valence-electron chi connectivity index (χ2n) is 5.43. The number of carbonyl (C=O) groups excluding carboxylic acids is 1. The number of rotatable bonds is 6. The molecule has 1 amide bonds. The van der Waals surface area contributed by atoms with Crippen molar-refractivity contribution >= 4 is 18.3 Å². The molecule has 0 aromatic carbocycles. The zero-order valence-electron chi connectivity index (χ0n) is 12.5. The van der Waals surface area contributed by atoms with Gasteiger partial charge in [0.1, 0.15) is 0 Å². The molecule has 5 heteroatoms. The van der Waals surface area contributed by atoms with Crippen molar-refractivity contribution in [2.24, 2.45) is 11.7 Å². The fraction of sp³-hybridized carbons (Fsp3) is 0.929. The van der Waals surface area contributed by atoms with Gasteiger partial charge in [-0.25, -0.2) is 0 Å². The molecule has 1 saturated heterocycles. The van der Waals surface area contributed by atoms with Crippen LogP contribution in [0.1, 0.15) is 46.5 Å². The summed E-state index contributed by atoms with van der Waals surface area (Å²) in [7, 11) is 0. The van der Waals surface area contributed by atoms with Gasteiger partial charge < -0.3 is 11.1 Å². The maximum Gasteiger partial charge on any atom is 0.237 e. The average molecular weight is 292 g/mol. The molecule has 3 N–H and O–H groups in total. The molecule has 1 aliphatic heterocycles. The molecule has 1 fully saturated rings. The SMILES string of the molecule is CCC(C)C(N)C(=O)NCC1CCCCN1CC.Cl. The van der Waals surface area contributed by atoms with E-state index in [4.69, 9.17) is 5.73 Å². The molecular formula is C14H30ClN3O. The van der Waals surface area contributed by atoms with E-state index in [1.165, 1.54) is 19.3 Å². The largest absolute Gasteiger partial charge is 0.353 e. The number of piperidine rings is 1. The van der Waals surface area contributed by atoms with Crippen LogP contribution < -0.4 is 11.1 Å². The van der Waals surface area contributed by atoms with E-state index in [1.807, 2.05) is 6.92 Å². The standard InChI is InChI=1S/C14H29N3O.ClH/c1-4-11(3)13(15)14(18)16-10-12-8-6-7-9-17(12)5-2;/h11-13H,4-10,15H2,1-3H3,(H,16,18);1H. The first kappa shape index (κ1) is 18.7. The van der Waals surface area contributed by atoms with Crippen molar-refractivity contribution in [1.29, 1.82) is 0 Å². The first-order valence-corrected chi connectivity index (χ1v) is 7.37. The van der Waals surface area contributed by atoms with Crippen LogP contribution in [0.2, 0.25) is 0 Å². The summed E-state index contributed by atoms with van der Waals surface area (Å²) in [5.41, 5.74) is 5.93. The van der Waals surface area contributed by atoms with Crippen molar-refractivity contribution in [3.8, 4) is 0 Å². The Morgan fingerprint density at radius 3 is 2.68 bits per heavy atom. The van der Waals surface area contributed by atoms with Gasteiger partial charge in [0.25, 0.3) is 0 Å². The fourth-order valence-corrected chi connectivity index (χ4v) is 2.56. The van der Waals surface area contributed by atoms with Gasteiger partial charge in [0.15, 0.2) is 0 Å². The Morgan fingerprint density at radius 2 is 2.11 bits per heavy atom. The Hall–Kier alpha value is -0.320. The lowest BCUT2D eigenvalue weighted by Crippen LogP contribution is -2.51. The highest BCUT2D eigenvalue weighted by atomic mass is 35.5. The Balaban J connectivity index is 0.00000324. The van der Waals surface area contributed by atoms with Crippen molar-refractivity contribution in [1.82, 2.24) is 10.2 Å². The smallest absolute Gasteiger partial charge is 0.237 e. The quantitative estimate of drug-likeness (QED) is 0.784. The molecule has 3 unspecified atom stereocenters. The summed E-state index contributed by atoms with van der Waals surface area (Å²) in [6.07, 6.45) is 4.69. The summed E-state index contributed by atoms with van der Waals surface area (Å²) in [5, 5.41) is 3.03. The summed E-state index contributed by atoms with van der Waals surface area (Å²) >= 11 is 0. The minimum Gasteiger partial charge on any atom is -0.353 e. The van der Waals surface area contributed by atoms with E-state index in [9.17, 15) is 4.79 Å². The van der Waals surface area contributed by atoms with Gasteiger partial charge in [-0.2, -0.15) is 0 Å². The van der Waals surface area contributed by atoms with E-state index in [-0.39, 0.29) is 30.3 Å². The maximum absolute atomic E-state index is 11.9. The summed E-state index contributed by atoms with van der Waals surface area (Å²) in [4.78, 5) is 14.4. The third kappa shape index (κ3) is 5.67. The highest BCUT2D eigenvalue weighted by Crippen LogP contribution is 2.15. The minimum atomic E-state index is -0.367. The molecule has 0 aromatic rings. The van der Waals surface area contributed by atoms with Gasteiger partial charge in [0, 0.05) is 12.6 Å². The molecule has 19 heavy (non-hydrogen) atoms. The summed E-state index contributed by atoms with van der Waals surface area (Å²) < 4.78 is 0. The van der Waals surface area contributed by atoms with Gasteiger partial charge in [-0.1, -0.05) is 33.6 Å². The number of nitrogens with zero attached hydrogens (tertiary/aromatic N) is 1. The number of nitrogens with one attached hydrogen (secondary N) is 1. The molecule has 1 rings (SSSR count). The summed E-state index contributed by atoms with van der Waals surface area (Å²) in [6, 6.07) is 0.130. The molecule has 114 valence electrons. The first-order chi connectivity index (χ1) is 8.60. The molecular weight excluding hydrogens is 262 g/mol. The number of amides is 1. The Kier molecular flexibility index (Phi) is 9.40. The second-order valence-corrected chi connectivity index (χ2v) is 5.43.